The van der Waals surface area contributed by atoms with E-state index < -0.39 is 0 Å². The number of hydrogen-bond acceptors (Lipinski definition) is 4. The molecular weight excluding hydrogens is 380 g/mol. The van der Waals surface area contributed by atoms with Gasteiger partial charge in [0.25, 0.3) is 0 Å². The number of anilines is 1. The topological polar surface area (TPSA) is 62.2 Å². The van der Waals surface area contributed by atoms with Gasteiger partial charge in [-0.15, -0.1) is 11.3 Å². The average molecular weight is 405 g/mol. The number of aliphatic hydroxyl groups is 1. The molecule has 4 nitrogen and oxygen atoms in total. The molecule has 1 heterocycles. The van der Waals surface area contributed by atoms with Crippen LogP contribution in [0.2, 0.25) is 0 Å². The molecule has 2 aromatic carbocycles. The van der Waals surface area contributed by atoms with E-state index in [9.17, 15) is 9.90 Å². The first-order valence-electron chi connectivity index (χ1n) is 9.92. The zero-order valence-corrected chi connectivity index (χ0v) is 17.0. The molecule has 1 aliphatic carbocycles. The van der Waals surface area contributed by atoms with Gasteiger partial charge in [0.15, 0.2) is 0 Å². The smallest absolute Gasteiger partial charge is 0.228 e. The number of thiazole rings is 1. The molecule has 0 unspecified atom stereocenters. The normalized spacial score (nSPS) is 14.1. The summed E-state index contributed by atoms with van der Waals surface area (Å²) < 4.78 is 0. The molecule has 3 aromatic rings. The Hall–Kier alpha value is -2.76. The third-order valence-corrected chi connectivity index (χ3v) is 6.12. The maximum absolute atomic E-state index is 12.4. The van der Waals surface area contributed by atoms with Crippen LogP contribution < -0.4 is 5.32 Å². The SMILES string of the molecule is O=C(Cc1ccccc1CO)Nc1cccc(C=Cc2nc(C3CCC3)cs2)c1. The Labute approximate surface area is 175 Å². The molecule has 0 spiro atoms. The Morgan fingerprint density at radius 2 is 1.97 bits per heavy atom. The molecular formula is C24H24N2O2S. The number of nitrogens with zero attached hydrogens (tertiary/aromatic N) is 1. The molecule has 1 amide bonds. The molecule has 0 bridgehead atoms. The lowest BCUT2D eigenvalue weighted by Gasteiger charge is -2.22. The Balaban J connectivity index is 1.39. The van der Waals surface area contributed by atoms with Gasteiger partial charge in [0.05, 0.1) is 18.7 Å². The zero-order chi connectivity index (χ0) is 20.1. The summed E-state index contributed by atoms with van der Waals surface area (Å²) in [4.78, 5) is 17.1. The molecule has 148 valence electrons. The molecule has 1 aliphatic rings. The van der Waals surface area contributed by atoms with Crippen molar-refractivity contribution in [3.8, 4) is 0 Å². The van der Waals surface area contributed by atoms with E-state index in [0.29, 0.717) is 5.92 Å². The maximum atomic E-state index is 12.4. The van der Waals surface area contributed by atoms with E-state index in [4.69, 9.17) is 4.98 Å². The number of amides is 1. The van der Waals surface area contributed by atoms with Crippen LogP contribution in [-0.4, -0.2) is 16.0 Å². The second-order valence-corrected chi connectivity index (χ2v) is 8.24. The van der Waals surface area contributed by atoms with Crippen molar-refractivity contribution >= 4 is 35.1 Å². The molecule has 1 saturated carbocycles. The monoisotopic (exact) mass is 404 g/mol. The lowest BCUT2D eigenvalue weighted by atomic mass is 9.83. The van der Waals surface area contributed by atoms with Gasteiger partial charge in [0, 0.05) is 17.0 Å². The number of carbonyl (C=O) groups excluding carboxylic acids is 1. The largest absolute Gasteiger partial charge is 0.392 e. The minimum Gasteiger partial charge on any atom is -0.392 e. The highest BCUT2D eigenvalue weighted by Gasteiger charge is 2.21. The number of nitrogens with one attached hydrogen (secondary N) is 1. The molecule has 29 heavy (non-hydrogen) atoms. The van der Waals surface area contributed by atoms with Crippen LogP contribution in [0.15, 0.2) is 53.9 Å². The highest BCUT2D eigenvalue weighted by molar-refractivity contribution is 7.10. The van der Waals surface area contributed by atoms with E-state index in [1.54, 1.807) is 11.3 Å². The molecule has 0 aliphatic heterocycles. The Morgan fingerprint density at radius 1 is 1.14 bits per heavy atom. The van der Waals surface area contributed by atoms with Crippen molar-refractivity contribution in [1.29, 1.82) is 0 Å². The number of aromatic nitrogens is 1. The third kappa shape index (κ3) is 5.00. The Bertz CT molecular complexity index is 1020. The average Bonchev–Trinajstić information content (AvgIpc) is 3.14. The second kappa shape index (κ2) is 9.16. The minimum absolute atomic E-state index is 0.0665. The maximum Gasteiger partial charge on any atom is 0.228 e. The Kier molecular flexibility index (Phi) is 6.17. The highest BCUT2D eigenvalue weighted by atomic mass is 32.1. The van der Waals surface area contributed by atoms with Crippen molar-refractivity contribution in [3.63, 3.8) is 0 Å². The summed E-state index contributed by atoms with van der Waals surface area (Å²) in [5.74, 6) is 0.556. The molecule has 0 radical (unpaired) electrons. The number of carbonyl (C=O) groups is 1. The van der Waals surface area contributed by atoms with Crippen molar-refractivity contribution < 1.29 is 9.90 Å². The van der Waals surface area contributed by atoms with Gasteiger partial charge in [0.2, 0.25) is 5.91 Å². The zero-order valence-electron chi connectivity index (χ0n) is 16.2. The van der Waals surface area contributed by atoms with Gasteiger partial charge in [-0.05, 0) is 47.7 Å². The van der Waals surface area contributed by atoms with Gasteiger partial charge in [-0.1, -0.05) is 48.9 Å². The van der Waals surface area contributed by atoms with Gasteiger partial charge in [0.1, 0.15) is 5.01 Å². The van der Waals surface area contributed by atoms with Gasteiger partial charge < -0.3 is 10.4 Å². The van der Waals surface area contributed by atoms with E-state index >= 15 is 0 Å². The standard InChI is InChI=1S/C24H24N2O2S/c27-15-20-7-2-1-6-19(20)14-23(28)25-21-10-3-5-17(13-21)11-12-24-26-22(16-29-24)18-8-4-9-18/h1-3,5-7,10-13,16,18,27H,4,8-9,14-15H2,(H,25,28). The van der Waals surface area contributed by atoms with E-state index in [1.807, 2.05) is 60.7 Å². The van der Waals surface area contributed by atoms with Crippen LogP contribution in [0.4, 0.5) is 5.69 Å². The first kappa shape index (κ1) is 19.6. The van der Waals surface area contributed by atoms with Crippen LogP contribution in [0.3, 0.4) is 0 Å². The Morgan fingerprint density at radius 3 is 2.72 bits per heavy atom. The van der Waals surface area contributed by atoms with Crippen molar-refractivity contribution in [3.05, 3.63) is 81.3 Å². The van der Waals surface area contributed by atoms with Gasteiger partial charge in [-0.2, -0.15) is 0 Å². The van der Waals surface area contributed by atoms with Crippen molar-refractivity contribution in [2.24, 2.45) is 0 Å². The predicted molar refractivity (Wildman–Crippen MR) is 119 cm³/mol. The van der Waals surface area contributed by atoms with E-state index in [0.717, 1.165) is 27.4 Å². The van der Waals surface area contributed by atoms with Gasteiger partial charge in [-0.25, -0.2) is 4.98 Å². The molecule has 0 atom stereocenters. The van der Waals surface area contributed by atoms with Crippen LogP contribution in [0.1, 0.15) is 52.6 Å². The lowest BCUT2D eigenvalue weighted by molar-refractivity contribution is -0.115. The second-order valence-electron chi connectivity index (χ2n) is 7.35. The summed E-state index contributed by atoms with van der Waals surface area (Å²) in [6.07, 6.45) is 8.14. The fraction of sp³-hybridized carbons (Fsp3) is 0.250. The number of hydrogen-bond donors (Lipinski definition) is 2. The first-order valence-corrected chi connectivity index (χ1v) is 10.8. The van der Waals surface area contributed by atoms with Gasteiger partial charge >= 0.3 is 0 Å². The first-order chi connectivity index (χ1) is 14.2. The van der Waals surface area contributed by atoms with Crippen LogP contribution in [0.5, 0.6) is 0 Å². The molecule has 2 N–H and O–H groups in total. The highest BCUT2D eigenvalue weighted by Crippen LogP contribution is 2.36. The molecule has 1 fully saturated rings. The molecule has 0 saturated heterocycles. The van der Waals surface area contributed by atoms with Crippen molar-refractivity contribution in [2.75, 3.05) is 5.32 Å². The van der Waals surface area contributed by atoms with Crippen molar-refractivity contribution in [2.45, 2.75) is 38.2 Å². The quantitative estimate of drug-likeness (QED) is 0.565. The lowest BCUT2D eigenvalue weighted by Crippen LogP contribution is -2.15. The summed E-state index contributed by atoms with van der Waals surface area (Å²) in [5.41, 5.74) is 4.62. The van der Waals surface area contributed by atoms with Crippen LogP contribution in [-0.2, 0) is 17.8 Å². The van der Waals surface area contributed by atoms with Crippen LogP contribution in [0, 0.1) is 0 Å². The summed E-state index contributed by atoms with van der Waals surface area (Å²) in [6.45, 7) is -0.0665. The predicted octanol–water partition coefficient (Wildman–Crippen LogP) is 5.25. The fourth-order valence-electron chi connectivity index (χ4n) is 3.42. The summed E-state index contributed by atoms with van der Waals surface area (Å²) in [6, 6.07) is 15.2. The summed E-state index contributed by atoms with van der Waals surface area (Å²) in [5, 5.41) is 15.5. The summed E-state index contributed by atoms with van der Waals surface area (Å²) >= 11 is 1.68. The molecule has 1 aromatic heterocycles. The molecule has 4 rings (SSSR count). The third-order valence-electron chi connectivity index (χ3n) is 5.29. The summed E-state index contributed by atoms with van der Waals surface area (Å²) in [7, 11) is 0. The van der Waals surface area contributed by atoms with E-state index in [1.165, 1.54) is 25.0 Å². The fourth-order valence-corrected chi connectivity index (χ4v) is 4.21. The minimum atomic E-state index is -0.0999. The number of benzene rings is 2. The number of aliphatic hydroxyl groups excluding tert-OH is 1. The van der Waals surface area contributed by atoms with E-state index in [2.05, 4.69) is 10.7 Å². The van der Waals surface area contributed by atoms with Crippen LogP contribution >= 0.6 is 11.3 Å². The molecule has 5 heteroatoms. The van der Waals surface area contributed by atoms with Gasteiger partial charge in [-0.3, -0.25) is 4.79 Å². The van der Waals surface area contributed by atoms with Crippen LogP contribution in [0.25, 0.3) is 12.2 Å². The van der Waals surface area contributed by atoms with Crippen molar-refractivity contribution in [1.82, 2.24) is 4.98 Å². The number of rotatable bonds is 7. The van der Waals surface area contributed by atoms with E-state index in [-0.39, 0.29) is 18.9 Å².